The largest absolute Gasteiger partial charge is 0.376 e. The van der Waals surface area contributed by atoms with Crippen molar-refractivity contribution >= 4 is 15.5 Å². The van der Waals surface area contributed by atoms with E-state index in [0.717, 1.165) is 11.3 Å². The molecule has 0 fully saturated rings. The highest BCUT2D eigenvalue weighted by molar-refractivity contribution is 7.90. The van der Waals surface area contributed by atoms with Gasteiger partial charge in [-0.3, -0.25) is 4.79 Å². The van der Waals surface area contributed by atoms with Crippen LogP contribution in [0.25, 0.3) is 0 Å². The Labute approximate surface area is 158 Å². The predicted octanol–water partition coefficient (Wildman–Crippen LogP) is 2.33. The summed E-state index contributed by atoms with van der Waals surface area (Å²) in [5, 5.41) is 4.20. The fourth-order valence-corrected chi connectivity index (χ4v) is 4.15. The van der Waals surface area contributed by atoms with E-state index in [4.69, 9.17) is 0 Å². The average molecular weight is 383 g/mol. The van der Waals surface area contributed by atoms with Crippen LogP contribution >= 0.6 is 0 Å². The molecule has 0 bridgehead atoms. The van der Waals surface area contributed by atoms with E-state index in [1.54, 1.807) is 53.6 Å². The van der Waals surface area contributed by atoms with Crippen molar-refractivity contribution in [3.05, 3.63) is 88.3 Å². The van der Waals surface area contributed by atoms with Gasteiger partial charge in [0.1, 0.15) is 0 Å². The summed E-state index contributed by atoms with van der Waals surface area (Å²) in [6.45, 7) is 0.215. The van der Waals surface area contributed by atoms with E-state index in [1.807, 2.05) is 26.2 Å². The van der Waals surface area contributed by atoms with Gasteiger partial charge in [0.2, 0.25) is 0 Å². The first-order chi connectivity index (χ1) is 12.9. The second-order valence-electron chi connectivity index (χ2n) is 6.44. The molecule has 6 nitrogen and oxygen atoms in total. The van der Waals surface area contributed by atoms with Crippen molar-refractivity contribution in [1.29, 1.82) is 0 Å². The second-order valence-corrected chi connectivity index (χ2v) is 8.43. The van der Waals surface area contributed by atoms with Crippen LogP contribution in [0.2, 0.25) is 0 Å². The molecule has 1 heterocycles. The smallest absolute Gasteiger partial charge is 0.269 e. The van der Waals surface area contributed by atoms with Crippen molar-refractivity contribution in [1.82, 2.24) is 9.78 Å². The van der Waals surface area contributed by atoms with Crippen LogP contribution in [0.5, 0.6) is 0 Å². The molecule has 3 aromatic rings. The summed E-state index contributed by atoms with van der Waals surface area (Å²) in [6, 6.07) is 17.1. The molecule has 0 amide bonds. The van der Waals surface area contributed by atoms with Gasteiger partial charge in [0.15, 0.2) is 9.84 Å². The van der Waals surface area contributed by atoms with Crippen LogP contribution in [-0.2, 0) is 22.1 Å². The van der Waals surface area contributed by atoms with Gasteiger partial charge in [0, 0.05) is 20.2 Å². The van der Waals surface area contributed by atoms with Gasteiger partial charge in [-0.25, -0.2) is 13.1 Å². The number of anilines is 1. The Kier molecular flexibility index (Phi) is 5.41. The van der Waals surface area contributed by atoms with E-state index in [1.165, 1.54) is 10.7 Å². The number of rotatable bonds is 6. The van der Waals surface area contributed by atoms with Crippen molar-refractivity contribution < 1.29 is 8.42 Å². The molecule has 0 saturated heterocycles. The lowest BCUT2D eigenvalue weighted by Crippen LogP contribution is -2.25. The van der Waals surface area contributed by atoms with E-state index >= 15 is 0 Å². The molecule has 0 unspecified atom stereocenters. The van der Waals surface area contributed by atoms with Crippen LogP contribution in [0.3, 0.4) is 0 Å². The van der Waals surface area contributed by atoms with Crippen LogP contribution in [-0.4, -0.2) is 32.3 Å². The van der Waals surface area contributed by atoms with E-state index in [9.17, 15) is 13.2 Å². The summed E-state index contributed by atoms with van der Waals surface area (Å²) >= 11 is 0. The SMILES string of the molecule is CN(C)c1cnn(Cc2ccccc2CS(=O)(=O)c2ccccc2)c(=O)c1. The van der Waals surface area contributed by atoms with Gasteiger partial charge < -0.3 is 4.90 Å². The minimum atomic E-state index is -3.47. The van der Waals surface area contributed by atoms with Crippen molar-refractivity contribution in [2.75, 3.05) is 19.0 Å². The lowest BCUT2D eigenvalue weighted by molar-refractivity contribution is 0.594. The number of nitrogens with zero attached hydrogens (tertiary/aromatic N) is 3. The van der Waals surface area contributed by atoms with Gasteiger partial charge in [-0.1, -0.05) is 42.5 Å². The highest BCUT2D eigenvalue weighted by atomic mass is 32.2. The first-order valence-electron chi connectivity index (χ1n) is 8.46. The zero-order valence-corrected chi connectivity index (χ0v) is 16.1. The molecule has 0 aliphatic rings. The molecule has 2 aromatic carbocycles. The molecule has 0 N–H and O–H groups in total. The van der Waals surface area contributed by atoms with E-state index in [-0.39, 0.29) is 22.8 Å². The molecule has 0 atom stereocenters. The van der Waals surface area contributed by atoms with Gasteiger partial charge in [0.05, 0.1) is 29.1 Å². The minimum absolute atomic E-state index is 0.127. The Morgan fingerprint density at radius 2 is 1.59 bits per heavy atom. The third kappa shape index (κ3) is 4.43. The maximum Gasteiger partial charge on any atom is 0.269 e. The number of aromatic nitrogens is 2. The standard InChI is InChI=1S/C20H21N3O3S/c1-22(2)18-12-20(24)23(21-13-18)14-16-8-6-7-9-17(16)15-27(25,26)19-10-4-3-5-11-19/h3-13H,14-15H2,1-2H3. The molecular formula is C20H21N3O3S. The Balaban J connectivity index is 1.90. The molecule has 3 rings (SSSR count). The fraction of sp³-hybridized carbons (Fsp3) is 0.200. The molecule has 1 aromatic heterocycles. The van der Waals surface area contributed by atoms with E-state index in [2.05, 4.69) is 5.10 Å². The topological polar surface area (TPSA) is 72.3 Å². The van der Waals surface area contributed by atoms with E-state index < -0.39 is 9.84 Å². The summed E-state index contributed by atoms with van der Waals surface area (Å²) in [5.41, 5.74) is 1.90. The summed E-state index contributed by atoms with van der Waals surface area (Å²) in [4.78, 5) is 14.4. The third-order valence-electron chi connectivity index (χ3n) is 4.26. The second kappa shape index (κ2) is 7.75. The quantitative estimate of drug-likeness (QED) is 0.653. The maximum absolute atomic E-state index is 12.7. The van der Waals surface area contributed by atoms with Crippen molar-refractivity contribution in [2.45, 2.75) is 17.2 Å². The van der Waals surface area contributed by atoms with Crippen LogP contribution in [0, 0.1) is 0 Å². The molecule has 0 radical (unpaired) electrons. The normalized spacial score (nSPS) is 11.3. The monoisotopic (exact) mass is 383 g/mol. The van der Waals surface area contributed by atoms with Crippen LogP contribution in [0.4, 0.5) is 5.69 Å². The Hall–Kier alpha value is -2.93. The fourth-order valence-electron chi connectivity index (χ4n) is 2.72. The molecule has 140 valence electrons. The summed E-state index contributed by atoms with van der Waals surface area (Å²) < 4.78 is 26.7. The lowest BCUT2D eigenvalue weighted by atomic mass is 10.1. The maximum atomic E-state index is 12.7. The van der Waals surface area contributed by atoms with E-state index in [0.29, 0.717) is 5.56 Å². The average Bonchev–Trinajstić information content (AvgIpc) is 2.65. The number of sulfone groups is 1. The molecule has 7 heteroatoms. The molecule has 0 aliphatic heterocycles. The van der Waals surface area contributed by atoms with Gasteiger partial charge in [-0.15, -0.1) is 0 Å². The Morgan fingerprint density at radius 1 is 0.963 bits per heavy atom. The van der Waals surface area contributed by atoms with Crippen LogP contribution in [0.15, 0.2) is 76.6 Å². The summed E-state index contributed by atoms with van der Waals surface area (Å²) in [7, 11) is 0.205. The highest BCUT2D eigenvalue weighted by Crippen LogP contribution is 2.19. The number of benzene rings is 2. The number of hydrogen-bond acceptors (Lipinski definition) is 5. The van der Waals surface area contributed by atoms with Crippen molar-refractivity contribution in [3.63, 3.8) is 0 Å². The number of hydrogen-bond donors (Lipinski definition) is 0. The Morgan fingerprint density at radius 3 is 2.22 bits per heavy atom. The molecular weight excluding hydrogens is 362 g/mol. The highest BCUT2D eigenvalue weighted by Gasteiger charge is 2.17. The van der Waals surface area contributed by atoms with Crippen molar-refractivity contribution in [2.24, 2.45) is 0 Å². The minimum Gasteiger partial charge on any atom is -0.376 e. The van der Waals surface area contributed by atoms with Gasteiger partial charge >= 0.3 is 0 Å². The predicted molar refractivity (Wildman–Crippen MR) is 106 cm³/mol. The lowest BCUT2D eigenvalue weighted by Gasteiger charge is -2.14. The summed E-state index contributed by atoms with van der Waals surface area (Å²) in [5.74, 6) is -0.127. The summed E-state index contributed by atoms with van der Waals surface area (Å²) in [6.07, 6.45) is 1.62. The molecule has 0 aliphatic carbocycles. The van der Waals surface area contributed by atoms with Gasteiger partial charge in [-0.2, -0.15) is 5.10 Å². The van der Waals surface area contributed by atoms with Gasteiger partial charge in [-0.05, 0) is 23.3 Å². The molecule has 27 heavy (non-hydrogen) atoms. The van der Waals surface area contributed by atoms with Crippen LogP contribution in [0.1, 0.15) is 11.1 Å². The van der Waals surface area contributed by atoms with Crippen molar-refractivity contribution in [3.8, 4) is 0 Å². The molecule has 0 spiro atoms. The third-order valence-corrected chi connectivity index (χ3v) is 5.94. The zero-order chi connectivity index (χ0) is 19.4. The first-order valence-corrected chi connectivity index (χ1v) is 10.1. The molecule has 0 saturated carbocycles. The Bertz CT molecular complexity index is 1090. The van der Waals surface area contributed by atoms with Crippen LogP contribution < -0.4 is 10.5 Å². The van der Waals surface area contributed by atoms with Gasteiger partial charge in [0.25, 0.3) is 5.56 Å². The zero-order valence-electron chi connectivity index (χ0n) is 15.2. The first kappa shape index (κ1) is 18.8.